The van der Waals surface area contributed by atoms with E-state index in [9.17, 15) is 0 Å². The van der Waals surface area contributed by atoms with Gasteiger partial charge < -0.3 is 18.3 Å². The van der Waals surface area contributed by atoms with Gasteiger partial charge in [-0.15, -0.1) is 0 Å². The van der Waals surface area contributed by atoms with Gasteiger partial charge in [0.15, 0.2) is 0 Å². The molecule has 8 aliphatic heterocycles. The maximum Gasteiger partial charge on any atom is 0.247 e. The molecule has 0 aliphatic carbocycles. The van der Waals surface area contributed by atoms with Crippen LogP contribution in [0.4, 0.5) is 0 Å². The summed E-state index contributed by atoms with van der Waals surface area (Å²) < 4.78 is 10.1. The van der Waals surface area contributed by atoms with Crippen LogP contribution in [-0.2, 0) is 21.7 Å². The summed E-state index contributed by atoms with van der Waals surface area (Å²) >= 11 is 0. The number of rotatable bonds is 0. The van der Waals surface area contributed by atoms with Crippen molar-refractivity contribution in [2.24, 2.45) is 0 Å². The number of nitrogens with zero attached hydrogens (tertiary/aromatic N) is 4. The minimum Gasteiger partial charge on any atom is -0.310 e. The van der Waals surface area contributed by atoms with Gasteiger partial charge in [0, 0.05) is 110 Å². The Morgan fingerprint density at radius 3 is 0.967 bits per heavy atom. The van der Waals surface area contributed by atoms with Gasteiger partial charge in [-0.05, 0) is 170 Å². The molecule has 8 aliphatic rings. The quantitative estimate of drug-likeness (QED) is 0.135. The van der Waals surface area contributed by atoms with Gasteiger partial charge in [-0.1, -0.05) is 361 Å². The molecule has 20 aromatic rings. The lowest BCUT2D eigenvalue weighted by Crippen LogP contribution is -2.63. The van der Waals surface area contributed by atoms with Crippen molar-refractivity contribution in [3.8, 4) is 22.7 Å². The van der Waals surface area contributed by atoms with Crippen LogP contribution in [-0.4, -0.2) is 45.1 Å². The summed E-state index contributed by atoms with van der Waals surface area (Å²) in [7, 11) is 0. The largest absolute Gasteiger partial charge is 0.310 e. The van der Waals surface area contributed by atoms with Gasteiger partial charge in [-0.25, -0.2) is 0 Å². The van der Waals surface area contributed by atoms with Gasteiger partial charge in [-0.3, -0.25) is 0 Å². The molecular weight excluding hydrogens is 1440 g/mol. The highest BCUT2D eigenvalue weighted by Crippen LogP contribution is 2.47. The van der Waals surface area contributed by atoms with Crippen molar-refractivity contribution >= 4 is 180 Å². The van der Waals surface area contributed by atoms with E-state index in [1.807, 2.05) is 0 Å². The molecule has 0 radical (unpaired) electrons. The average Bonchev–Trinajstić information content (AvgIpc) is 1.45. The predicted octanol–water partition coefficient (Wildman–Crippen LogP) is 18.2. The average molecular weight is 1530 g/mol. The molecule has 12 heterocycles. The Morgan fingerprint density at radius 1 is 0.192 bits per heavy atom. The second kappa shape index (κ2) is 24.4. The smallest absolute Gasteiger partial charge is 0.247 e. The zero-order valence-corrected chi connectivity index (χ0v) is 70.1. The molecule has 16 aromatic carbocycles. The van der Waals surface area contributed by atoms with E-state index in [4.69, 9.17) is 0 Å². The molecule has 4 nitrogen and oxygen atoms in total. The van der Waals surface area contributed by atoms with Crippen LogP contribution in [0, 0.1) is 27.7 Å². The fraction of sp³-hybridized carbons (Fsp3) is 0.143. The number of aromatic nitrogens is 4. The maximum atomic E-state index is 2.53. The van der Waals surface area contributed by atoms with Crippen molar-refractivity contribution in [3.63, 3.8) is 0 Å². The van der Waals surface area contributed by atoms with Gasteiger partial charge in [0.05, 0.1) is 22.1 Å². The first-order valence-corrected chi connectivity index (χ1v) is 43.4. The molecule has 4 aromatic heterocycles. The molecule has 568 valence electrons. The summed E-state index contributed by atoms with van der Waals surface area (Å²) in [4.78, 5) is 0. The fourth-order valence-corrected chi connectivity index (χ4v) is 25.1. The molecule has 0 spiro atoms. The minimum atomic E-state index is -0.0189. The van der Waals surface area contributed by atoms with Crippen molar-refractivity contribution in [2.75, 3.05) is 0 Å². The van der Waals surface area contributed by atoms with E-state index in [-0.39, 0.29) is 21.7 Å². The number of para-hydroxylation sites is 6. The van der Waals surface area contributed by atoms with E-state index in [0.29, 0.717) is 26.9 Å². The first-order valence-electron chi connectivity index (χ1n) is 43.4. The Morgan fingerprint density at radius 2 is 0.483 bits per heavy atom. The topological polar surface area (TPSA) is 19.7 Å². The Bertz CT molecular complexity index is 7930. The first-order chi connectivity index (χ1) is 58.3. The van der Waals surface area contributed by atoms with Crippen molar-refractivity contribution < 1.29 is 0 Å². The Balaban J connectivity index is 0.0000000886. The van der Waals surface area contributed by atoms with Crippen molar-refractivity contribution in [1.29, 1.82) is 0 Å². The van der Waals surface area contributed by atoms with Crippen molar-refractivity contribution in [3.05, 3.63) is 382 Å². The van der Waals surface area contributed by atoms with E-state index in [1.165, 1.54) is 242 Å². The van der Waals surface area contributed by atoms with E-state index in [0.717, 1.165) is 0 Å². The van der Waals surface area contributed by atoms with Crippen molar-refractivity contribution in [2.45, 2.75) is 105 Å². The van der Waals surface area contributed by atoms with Gasteiger partial charge in [0.25, 0.3) is 0 Å². The van der Waals surface area contributed by atoms with Crippen LogP contribution < -0.4 is 65.6 Å². The third-order valence-corrected chi connectivity index (χ3v) is 30.3. The number of fused-ring (bicyclic) bond motifs is 32. The Kier molecular flexibility index (Phi) is 14.2. The van der Waals surface area contributed by atoms with Crippen LogP contribution in [0.15, 0.2) is 315 Å². The summed E-state index contributed by atoms with van der Waals surface area (Å²) in [6.45, 7) is 29.3. The van der Waals surface area contributed by atoms with Crippen LogP contribution in [0.3, 0.4) is 0 Å². The molecule has 28 rings (SSSR count). The highest BCUT2D eigenvalue weighted by Gasteiger charge is 2.51. The molecule has 0 N–H and O–H groups in total. The zero-order valence-electron chi connectivity index (χ0n) is 70.1. The number of aryl methyl sites for hydroxylation is 4. The van der Waals surface area contributed by atoms with Gasteiger partial charge in [0.2, 0.25) is 26.9 Å². The van der Waals surface area contributed by atoms with Gasteiger partial charge >= 0.3 is 0 Å². The summed E-state index contributed by atoms with van der Waals surface area (Å²) in [5.74, 6) is 0. The summed E-state index contributed by atoms with van der Waals surface area (Å²) in [5.41, 5.74) is 50.9. The van der Waals surface area contributed by atoms with Crippen LogP contribution in [0.2, 0.25) is 0 Å². The summed E-state index contributed by atoms with van der Waals surface area (Å²) in [6, 6.07) is 119. The molecule has 0 fully saturated rings. The van der Waals surface area contributed by atoms with E-state index < -0.39 is 0 Å². The number of hydrogen-bond donors (Lipinski definition) is 0. The van der Waals surface area contributed by atoms with Crippen LogP contribution in [0.5, 0.6) is 0 Å². The number of benzene rings is 16. The third-order valence-electron chi connectivity index (χ3n) is 30.3. The molecule has 0 saturated heterocycles. The molecular formula is C112H88B4N4. The standard InChI is InChI=1S/4C28H22BN/c1-17-9-8-14-24-25(17)29-22-12-6-5-11-20(22)28(2,3)21-16-15-19-18-10-4-7-13-23(18)30(24)27(19)26(21)29;1-17-12-15-23-25(16-17)30-24-11-7-4-8-18(24)19-13-14-21-26(27(19)30)29(23)22-10-6-5-9-20(22)28(21,2)3;1-17-9-8-11-20-25(17)29-22-12-5-7-14-24(22)30-23-13-6-4-10-18(23)19-15-16-21(28(20,2)3)26(29)27(19)30;1-17-12-14-20-23(16-17)29-22-9-5-7-11-25(22)30-24-10-6-4-8-18(24)19-13-15-21(28(20,2)3)26(29)27(19)30/h4*4-16H,1-3H3. The Labute approximate surface area is 702 Å². The van der Waals surface area contributed by atoms with E-state index >= 15 is 0 Å². The molecule has 0 unspecified atom stereocenters. The zero-order chi connectivity index (χ0) is 80.8. The lowest BCUT2D eigenvalue weighted by molar-refractivity contribution is 0.646. The SMILES string of the molecule is Cc1ccc2c(c1)-n1c3ccccc3c3ccc4c(c31)B2c1ccccc1C4(C)C.Cc1ccc2c(c1)B1c3ccccc3-n3c4ccccc4c4ccc(c1c43)C2(C)C.Cc1cccc2c1B1c3ccccc3-n3c4ccccc4c4ccc(c1c43)C2(C)C.Cc1cccc2c1B1c3ccccc3C(C)(C)c3ccc4c5ccccc5n-2c4c31. The van der Waals surface area contributed by atoms with Crippen LogP contribution in [0.1, 0.15) is 122 Å². The van der Waals surface area contributed by atoms with Crippen LogP contribution >= 0.6 is 0 Å². The summed E-state index contributed by atoms with van der Waals surface area (Å²) in [6.07, 6.45) is 0. The monoisotopic (exact) mass is 1530 g/mol. The molecule has 120 heavy (non-hydrogen) atoms. The number of hydrogen-bond acceptors (Lipinski definition) is 0. The molecule has 0 amide bonds. The van der Waals surface area contributed by atoms with Crippen LogP contribution in [0.25, 0.3) is 110 Å². The lowest BCUT2D eigenvalue weighted by Gasteiger charge is -2.42. The molecule has 8 heteroatoms. The normalized spacial score (nSPS) is 15.4. The third kappa shape index (κ3) is 8.91. The van der Waals surface area contributed by atoms with Crippen molar-refractivity contribution in [1.82, 2.24) is 18.3 Å². The Hall–Kier alpha value is -13.0. The molecule has 0 atom stereocenters. The molecule has 0 saturated carbocycles. The minimum absolute atomic E-state index is 0.0138. The van der Waals surface area contributed by atoms with E-state index in [2.05, 4.69) is 417 Å². The fourth-order valence-electron chi connectivity index (χ4n) is 25.1. The maximum absolute atomic E-state index is 2.53. The highest BCUT2D eigenvalue weighted by molar-refractivity contribution is 7.01. The highest BCUT2D eigenvalue weighted by atomic mass is 15.0. The lowest BCUT2D eigenvalue weighted by atomic mass is 9.30. The molecule has 0 bridgehead atoms. The second-order valence-corrected chi connectivity index (χ2v) is 37.8. The van der Waals surface area contributed by atoms with E-state index in [1.54, 1.807) is 0 Å². The van der Waals surface area contributed by atoms with Gasteiger partial charge in [0.1, 0.15) is 0 Å². The van der Waals surface area contributed by atoms with Gasteiger partial charge in [-0.2, -0.15) is 0 Å². The second-order valence-electron chi connectivity index (χ2n) is 37.8. The predicted molar refractivity (Wildman–Crippen MR) is 515 cm³/mol. The summed E-state index contributed by atoms with van der Waals surface area (Å²) in [5, 5.41) is 10.9. The first kappa shape index (κ1) is 70.0.